The summed E-state index contributed by atoms with van der Waals surface area (Å²) in [7, 11) is -0.659. The van der Waals surface area contributed by atoms with Gasteiger partial charge in [0, 0.05) is 19.3 Å². The molecule has 0 radical (unpaired) electrons. The van der Waals surface area contributed by atoms with Gasteiger partial charge < -0.3 is 10.2 Å². The number of hydrogen-bond acceptors (Lipinski definition) is 6. The van der Waals surface area contributed by atoms with E-state index in [1.165, 1.54) is 29.7 Å². The molecule has 0 bridgehead atoms. The maximum atomic E-state index is 12.6. The summed E-state index contributed by atoms with van der Waals surface area (Å²) in [5, 5.41) is 0. The molecule has 0 saturated heterocycles. The van der Waals surface area contributed by atoms with Gasteiger partial charge in [-0.25, -0.2) is 19.2 Å². The first-order valence-electron chi connectivity index (χ1n) is 6.04. The van der Waals surface area contributed by atoms with E-state index in [1.807, 2.05) is 0 Å². The smallest absolute Gasteiger partial charge is 0.264 e. The van der Waals surface area contributed by atoms with Crippen LogP contribution >= 0.6 is 0 Å². The van der Waals surface area contributed by atoms with Crippen LogP contribution in [-0.4, -0.2) is 27.6 Å². The van der Waals surface area contributed by atoms with E-state index in [2.05, 4.69) is 10.4 Å². The molecule has 0 saturated carbocycles. The molecule has 2 rings (SSSR count). The maximum absolute atomic E-state index is 12.6. The molecule has 1 aromatic carbocycles. The minimum atomic E-state index is -3.69. The van der Waals surface area contributed by atoms with Gasteiger partial charge in [-0.15, -0.1) is 0 Å². The fourth-order valence-electron chi connectivity index (χ4n) is 1.74. The quantitative estimate of drug-likeness (QED) is 0.636. The summed E-state index contributed by atoms with van der Waals surface area (Å²) in [4.78, 5) is 3.99. The molecule has 21 heavy (non-hydrogen) atoms. The molecule has 0 amide bonds. The lowest BCUT2D eigenvalue weighted by atomic mass is 10.3. The predicted molar refractivity (Wildman–Crippen MR) is 80.6 cm³/mol. The van der Waals surface area contributed by atoms with Crippen LogP contribution in [0.4, 0.5) is 11.5 Å². The number of hydrazine groups is 1. The number of rotatable bonds is 5. The number of anilines is 2. The number of nitrogens with zero attached hydrogens (tertiary/aromatic N) is 2. The molecule has 8 heteroatoms. The lowest BCUT2D eigenvalue weighted by molar-refractivity contribution is 0.415. The van der Waals surface area contributed by atoms with Crippen molar-refractivity contribution in [3.05, 3.63) is 42.6 Å². The zero-order valence-electron chi connectivity index (χ0n) is 11.6. The lowest BCUT2D eigenvalue weighted by Crippen LogP contribution is -2.26. The molecule has 1 heterocycles. The van der Waals surface area contributed by atoms with Gasteiger partial charge in [-0.3, -0.25) is 4.31 Å². The van der Waals surface area contributed by atoms with Crippen LogP contribution in [0.3, 0.4) is 0 Å². The molecular formula is C13H16N4O3S. The largest absolute Gasteiger partial charge is 0.497 e. The van der Waals surface area contributed by atoms with Crippen molar-refractivity contribution in [1.29, 1.82) is 0 Å². The molecule has 0 spiro atoms. The van der Waals surface area contributed by atoms with Crippen LogP contribution in [0.25, 0.3) is 0 Å². The number of hydrogen-bond donors (Lipinski definition) is 2. The van der Waals surface area contributed by atoms with E-state index >= 15 is 0 Å². The summed E-state index contributed by atoms with van der Waals surface area (Å²) in [5.74, 6) is 6.18. The molecule has 0 aliphatic carbocycles. The third-order valence-electron chi connectivity index (χ3n) is 2.97. The van der Waals surface area contributed by atoms with Gasteiger partial charge in [-0.05, 0) is 30.3 Å². The maximum Gasteiger partial charge on any atom is 0.264 e. The minimum absolute atomic E-state index is 0.101. The molecular weight excluding hydrogens is 292 g/mol. The first kappa shape index (κ1) is 15.1. The van der Waals surface area contributed by atoms with E-state index in [1.54, 1.807) is 31.4 Å². The average Bonchev–Trinajstić information content (AvgIpc) is 2.54. The number of benzene rings is 1. The Kier molecular flexibility index (Phi) is 4.29. The van der Waals surface area contributed by atoms with Gasteiger partial charge in [0.05, 0.1) is 17.7 Å². The van der Waals surface area contributed by atoms with E-state index in [4.69, 9.17) is 10.6 Å². The summed E-state index contributed by atoms with van der Waals surface area (Å²) in [6.45, 7) is 0. The highest BCUT2D eigenvalue weighted by molar-refractivity contribution is 7.92. The normalized spacial score (nSPS) is 11.0. The van der Waals surface area contributed by atoms with Crippen molar-refractivity contribution in [1.82, 2.24) is 4.98 Å². The average molecular weight is 308 g/mol. The summed E-state index contributed by atoms with van der Waals surface area (Å²) < 4.78 is 31.3. The number of nitrogens with one attached hydrogen (secondary N) is 1. The van der Waals surface area contributed by atoms with Gasteiger partial charge in [-0.1, -0.05) is 0 Å². The molecule has 0 aliphatic rings. The predicted octanol–water partition coefficient (Wildman–Crippen LogP) is 1.20. The van der Waals surface area contributed by atoms with Crippen molar-refractivity contribution in [2.75, 3.05) is 23.9 Å². The van der Waals surface area contributed by atoms with Crippen LogP contribution < -0.4 is 20.3 Å². The Hall–Kier alpha value is -2.32. The van der Waals surface area contributed by atoms with Gasteiger partial charge in [0.25, 0.3) is 10.0 Å². The van der Waals surface area contributed by atoms with Crippen LogP contribution in [0.1, 0.15) is 0 Å². The second kappa shape index (κ2) is 5.98. The van der Waals surface area contributed by atoms with E-state index in [0.29, 0.717) is 11.4 Å². The molecule has 0 fully saturated rings. The number of nitrogens with two attached hydrogens (primary N) is 1. The molecule has 7 nitrogen and oxygen atoms in total. The highest BCUT2D eigenvalue weighted by atomic mass is 32.2. The summed E-state index contributed by atoms with van der Waals surface area (Å²) in [6, 6.07) is 9.51. The third kappa shape index (κ3) is 3.06. The van der Waals surface area contributed by atoms with Gasteiger partial charge >= 0.3 is 0 Å². The number of ether oxygens (including phenoxy) is 1. The van der Waals surface area contributed by atoms with E-state index in [9.17, 15) is 8.42 Å². The van der Waals surface area contributed by atoms with Crippen molar-refractivity contribution in [3.63, 3.8) is 0 Å². The Balaban J connectivity index is 2.37. The SMILES string of the molecule is COc1ccc(N(C)S(=O)(=O)c2ccnc(NN)c2)cc1. The molecule has 3 N–H and O–H groups in total. The Labute approximate surface area is 123 Å². The van der Waals surface area contributed by atoms with Crippen molar-refractivity contribution in [3.8, 4) is 5.75 Å². The Morgan fingerprint density at radius 3 is 2.48 bits per heavy atom. The van der Waals surface area contributed by atoms with Gasteiger partial charge in [-0.2, -0.15) is 0 Å². The van der Waals surface area contributed by atoms with Crippen molar-refractivity contribution in [2.24, 2.45) is 5.84 Å². The van der Waals surface area contributed by atoms with Crippen molar-refractivity contribution < 1.29 is 13.2 Å². The number of sulfonamides is 1. The lowest BCUT2D eigenvalue weighted by Gasteiger charge is -2.20. The monoisotopic (exact) mass is 308 g/mol. The number of methoxy groups -OCH3 is 1. The van der Waals surface area contributed by atoms with E-state index in [-0.39, 0.29) is 10.7 Å². The standard InChI is InChI=1S/C13H16N4O3S/c1-17(10-3-5-11(20-2)6-4-10)21(18,19)12-7-8-15-13(9-12)16-14/h3-9H,14H2,1-2H3,(H,15,16). The van der Waals surface area contributed by atoms with E-state index < -0.39 is 10.0 Å². The fraction of sp³-hybridized carbons (Fsp3) is 0.154. The molecule has 1 aromatic heterocycles. The van der Waals surface area contributed by atoms with Crippen LogP contribution in [0, 0.1) is 0 Å². The Bertz CT molecular complexity index is 716. The zero-order chi connectivity index (χ0) is 15.5. The van der Waals surface area contributed by atoms with Crippen LogP contribution in [0.5, 0.6) is 5.75 Å². The highest BCUT2D eigenvalue weighted by Gasteiger charge is 2.21. The number of pyridine rings is 1. The molecule has 2 aromatic rings. The molecule has 0 atom stereocenters. The first-order chi connectivity index (χ1) is 9.98. The van der Waals surface area contributed by atoms with Crippen LogP contribution in [0.15, 0.2) is 47.5 Å². The number of nitrogen functional groups attached to an aromatic ring is 1. The summed E-state index contributed by atoms with van der Waals surface area (Å²) in [6.07, 6.45) is 1.38. The van der Waals surface area contributed by atoms with Crippen LogP contribution in [-0.2, 0) is 10.0 Å². The third-order valence-corrected chi connectivity index (χ3v) is 4.76. The minimum Gasteiger partial charge on any atom is -0.497 e. The topological polar surface area (TPSA) is 97.5 Å². The molecule has 112 valence electrons. The highest BCUT2D eigenvalue weighted by Crippen LogP contribution is 2.24. The second-order valence-electron chi connectivity index (χ2n) is 4.19. The fourth-order valence-corrected chi connectivity index (χ4v) is 2.95. The van der Waals surface area contributed by atoms with Crippen LogP contribution in [0.2, 0.25) is 0 Å². The second-order valence-corrected chi connectivity index (χ2v) is 6.16. The van der Waals surface area contributed by atoms with Gasteiger partial charge in [0.1, 0.15) is 11.6 Å². The van der Waals surface area contributed by atoms with Crippen molar-refractivity contribution in [2.45, 2.75) is 4.90 Å². The zero-order valence-corrected chi connectivity index (χ0v) is 12.5. The summed E-state index contributed by atoms with van der Waals surface area (Å²) >= 11 is 0. The molecule has 0 aliphatic heterocycles. The number of aromatic nitrogens is 1. The Morgan fingerprint density at radius 1 is 1.24 bits per heavy atom. The Morgan fingerprint density at radius 2 is 1.90 bits per heavy atom. The first-order valence-corrected chi connectivity index (χ1v) is 7.48. The van der Waals surface area contributed by atoms with Crippen molar-refractivity contribution >= 4 is 21.5 Å². The van der Waals surface area contributed by atoms with Gasteiger partial charge in [0.15, 0.2) is 0 Å². The molecule has 0 unspecified atom stereocenters. The summed E-state index contributed by atoms with van der Waals surface area (Å²) in [5.41, 5.74) is 2.85. The van der Waals surface area contributed by atoms with Gasteiger partial charge in [0.2, 0.25) is 0 Å². The van der Waals surface area contributed by atoms with E-state index in [0.717, 1.165) is 0 Å².